The van der Waals surface area contributed by atoms with Crippen molar-refractivity contribution in [3.63, 3.8) is 0 Å². The monoisotopic (exact) mass is 473 g/mol. The van der Waals surface area contributed by atoms with Crippen LogP contribution >= 0.6 is 0 Å². The summed E-state index contributed by atoms with van der Waals surface area (Å²) in [6.45, 7) is 1.60. The second-order valence-corrected chi connectivity index (χ2v) is 10.4. The second kappa shape index (κ2) is 9.69. The first-order chi connectivity index (χ1) is 15.8. The van der Waals surface area contributed by atoms with E-state index >= 15 is 0 Å². The maximum Gasteiger partial charge on any atom is 0.501 e. The molecule has 174 valence electrons. The van der Waals surface area contributed by atoms with E-state index in [1.54, 1.807) is 6.07 Å². The Labute approximate surface area is 192 Å². The minimum absolute atomic E-state index is 0.0122. The molecule has 0 bridgehead atoms. The summed E-state index contributed by atoms with van der Waals surface area (Å²) < 4.78 is 63.0. The Morgan fingerprint density at radius 3 is 2.24 bits per heavy atom. The standard InChI is InChI=1S/C26H26F3NO2S/c27-26(28,29)33(31,32)23-13-14-24-21(17-23)11-12-22(25(24)20-9-5-2-6-10-20)18-30-16-15-19-7-3-1-4-8-19/h1-10,13-14,17,22,25,30H,11-12,15-16,18H2/t22-,25+/m0/s1. The largest absolute Gasteiger partial charge is 0.501 e. The van der Waals surface area contributed by atoms with Gasteiger partial charge in [0.1, 0.15) is 0 Å². The fourth-order valence-electron chi connectivity index (χ4n) is 4.66. The van der Waals surface area contributed by atoms with Crippen LogP contribution in [0.2, 0.25) is 0 Å². The Kier molecular flexibility index (Phi) is 6.91. The molecule has 0 spiro atoms. The minimum Gasteiger partial charge on any atom is -0.316 e. The summed E-state index contributed by atoms with van der Waals surface area (Å²) in [5, 5.41) is 3.55. The minimum atomic E-state index is -5.36. The zero-order chi connectivity index (χ0) is 23.5. The lowest BCUT2D eigenvalue weighted by Gasteiger charge is -2.35. The first kappa shape index (κ1) is 23.5. The molecule has 0 saturated heterocycles. The SMILES string of the molecule is O=S(=O)(c1ccc2c(c1)CC[C@@H](CNCCc1ccccc1)[C@H]2c1ccccc1)C(F)(F)F. The van der Waals surface area contributed by atoms with Crippen LogP contribution in [-0.2, 0) is 22.7 Å². The van der Waals surface area contributed by atoms with Gasteiger partial charge in [-0.05, 0) is 72.7 Å². The molecule has 1 aliphatic rings. The Morgan fingerprint density at radius 1 is 0.909 bits per heavy atom. The van der Waals surface area contributed by atoms with Gasteiger partial charge in [-0.1, -0.05) is 66.7 Å². The smallest absolute Gasteiger partial charge is 0.316 e. The molecule has 33 heavy (non-hydrogen) atoms. The van der Waals surface area contributed by atoms with Gasteiger partial charge in [-0.25, -0.2) is 8.42 Å². The van der Waals surface area contributed by atoms with Gasteiger partial charge in [0.15, 0.2) is 0 Å². The summed E-state index contributed by atoms with van der Waals surface area (Å²) in [5.74, 6) is 0.238. The fourth-order valence-corrected chi connectivity index (χ4v) is 5.47. The molecule has 1 N–H and O–H groups in total. The lowest BCUT2D eigenvalue weighted by Crippen LogP contribution is -2.32. The third kappa shape index (κ3) is 5.14. The number of halogens is 3. The van der Waals surface area contributed by atoms with Crippen molar-refractivity contribution < 1.29 is 21.6 Å². The topological polar surface area (TPSA) is 46.2 Å². The summed E-state index contributed by atoms with van der Waals surface area (Å²) in [5.41, 5.74) is -1.38. The highest BCUT2D eigenvalue weighted by molar-refractivity contribution is 7.92. The van der Waals surface area contributed by atoms with E-state index in [2.05, 4.69) is 17.4 Å². The first-order valence-electron chi connectivity index (χ1n) is 11.0. The predicted molar refractivity (Wildman–Crippen MR) is 123 cm³/mol. The lowest BCUT2D eigenvalue weighted by atomic mass is 9.72. The third-order valence-electron chi connectivity index (χ3n) is 6.32. The second-order valence-electron chi connectivity index (χ2n) is 8.44. The number of sulfone groups is 1. The van der Waals surface area contributed by atoms with Crippen molar-refractivity contribution in [1.82, 2.24) is 5.32 Å². The highest BCUT2D eigenvalue weighted by Crippen LogP contribution is 2.42. The van der Waals surface area contributed by atoms with Crippen LogP contribution in [0.1, 0.15) is 34.6 Å². The van der Waals surface area contributed by atoms with Crippen LogP contribution in [0.25, 0.3) is 0 Å². The summed E-state index contributed by atoms with van der Waals surface area (Å²) in [6.07, 6.45) is 2.23. The normalized spacial score (nSPS) is 18.6. The molecule has 3 aromatic carbocycles. The van der Waals surface area contributed by atoms with Crippen molar-refractivity contribution in [1.29, 1.82) is 0 Å². The van der Waals surface area contributed by atoms with E-state index in [9.17, 15) is 21.6 Å². The van der Waals surface area contributed by atoms with Crippen molar-refractivity contribution in [2.24, 2.45) is 5.92 Å². The van der Waals surface area contributed by atoms with E-state index in [4.69, 9.17) is 0 Å². The maximum atomic E-state index is 13.1. The summed E-state index contributed by atoms with van der Waals surface area (Å²) >= 11 is 0. The molecule has 7 heteroatoms. The maximum absolute atomic E-state index is 13.1. The number of hydrogen-bond donors (Lipinski definition) is 1. The summed E-state index contributed by atoms with van der Waals surface area (Å²) in [6, 6.07) is 24.0. The molecule has 0 aromatic heterocycles. The van der Waals surface area contributed by atoms with Crippen molar-refractivity contribution in [2.45, 2.75) is 35.6 Å². The zero-order valence-electron chi connectivity index (χ0n) is 18.1. The van der Waals surface area contributed by atoms with Gasteiger partial charge >= 0.3 is 5.51 Å². The Hall–Kier alpha value is -2.64. The van der Waals surface area contributed by atoms with E-state index < -0.39 is 20.2 Å². The molecular formula is C26H26F3NO2S. The van der Waals surface area contributed by atoms with Crippen LogP contribution in [0, 0.1) is 5.92 Å². The number of hydrogen-bond acceptors (Lipinski definition) is 3. The van der Waals surface area contributed by atoms with E-state index in [1.807, 2.05) is 48.5 Å². The molecule has 3 nitrogen and oxygen atoms in total. The number of nitrogens with one attached hydrogen (secondary N) is 1. The average Bonchev–Trinajstić information content (AvgIpc) is 2.81. The van der Waals surface area contributed by atoms with Crippen LogP contribution in [0.15, 0.2) is 83.8 Å². The van der Waals surface area contributed by atoms with Gasteiger partial charge in [0.25, 0.3) is 9.84 Å². The Bertz CT molecular complexity index is 1180. The quantitative estimate of drug-likeness (QED) is 0.461. The predicted octanol–water partition coefficient (Wildman–Crippen LogP) is 5.51. The van der Waals surface area contributed by atoms with Gasteiger partial charge in [0, 0.05) is 5.92 Å². The molecule has 0 heterocycles. The van der Waals surface area contributed by atoms with E-state index in [0.717, 1.165) is 43.1 Å². The van der Waals surface area contributed by atoms with Gasteiger partial charge < -0.3 is 5.32 Å². The zero-order valence-corrected chi connectivity index (χ0v) is 18.9. The number of alkyl halides is 3. The molecule has 0 fully saturated rings. The van der Waals surface area contributed by atoms with Gasteiger partial charge in [-0.2, -0.15) is 13.2 Å². The molecule has 0 radical (unpaired) electrons. The van der Waals surface area contributed by atoms with Crippen LogP contribution in [0.5, 0.6) is 0 Å². The highest BCUT2D eigenvalue weighted by Gasteiger charge is 2.47. The summed E-state index contributed by atoms with van der Waals surface area (Å²) in [7, 11) is -5.36. The van der Waals surface area contributed by atoms with Crippen LogP contribution in [0.4, 0.5) is 13.2 Å². The highest BCUT2D eigenvalue weighted by atomic mass is 32.2. The number of aryl methyl sites for hydroxylation is 1. The van der Waals surface area contributed by atoms with Gasteiger partial charge in [-0.3, -0.25) is 0 Å². The Balaban J connectivity index is 1.57. The van der Waals surface area contributed by atoms with Crippen molar-refractivity contribution in [3.05, 3.63) is 101 Å². The fraction of sp³-hybridized carbons (Fsp3) is 0.308. The Morgan fingerprint density at radius 2 is 1.58 bits per heavy atom. The molecular weight excluding hydrogens is 447 g/mol. The lowest BCUT2D eigenvalue weighted by molar-refractivity contribution is -0.0436. The molecule has 4 rings (SSSR count). The van der Waals surface area contributed by atoms with E-state index in [0.29, 0.717) is 12.0 Å². The average molecular weight is 474 g/mol. The third-order valence-corrected chi connectivity index (χ3v) is 7.80. The molecule has 3 aromatic rings. The van der Waals surface area contributed by atoms with Gasteiger partial charge in [-0.15, -0.1) is 0 Å². The molecule has 0 saturated carbocycles. The molecule has 1 aliphatic carbocycles. The molecule has 2 atom stereocenters. The van der Waals surface area contributed by atoms with Crippen molar-refractivity contribution in [3.8, 4) is 0 Å². The van der Waals surface area contributed by atoms with E-state index in [-0.39, 0.29) is 11.8 Å². The number of benzene rings is 3. The van der Waals surface area contributed by atoms with Gasteiger partial charge in [0.05, 0.1) is 4.90 Å². The first-order valence-corrected chi connectivity index (χ1v) is 12.5. The molecule has 0 amide bonds. The van der Waals surface area contributed by atoms with Crippen LogP contribution in [-0.4, -0.2) is 27.0 Å². The van der Waals surface area contributed by atoms with Gasteiger partial charge in [0.2, 0.25) is 0 Å². The molecule has 0 aliphatic heterocycles. The number of fused-ring (bicyclic) bond motifs is 1. The van der Waals surface area contributed by atoms with Crippen LogP contribution < -0.4 is 5.32 Å². The number of rotatable bonds is 7. The van der Waals surface area contributed by atoms with E-state index in [1.165, 1.54) is 11.6 Å². The van der Waals surface area contributed by atoms with Crippen molar-refractivity contribution in [2.75, 3.05) is 13.1 Å². The van der Waals surface area contributed by atoms with Crippen molar-refractivity contribution >= 4 is 9.84 Å². The molecule has 0 unspecified atom stereocenters. The van der Waals surface area contributed by atoms with Crippen LogP contribution in [0.3, 0.4) is 0 Å². The summed E-state index contributed by atoms with van der Waals surface area (Å²) in [4.78, 5) is -0.681.